The van der Waals surface area contributed by atoms with Gasteiger partial charge in [-0.25, -0.2) is 0 Å². The van der Waals surface area contributed by atoms with E-state index in [0.717, 1.165) is 0 Å². The Hall–Kier alpha value is -1.27. The second-order valence-corrected chi connectivity index (χ2v) is 4.23. The molecule has 0 heterocycles. The summed E-state index contributed by atoms with van der Waals surface area (Å²) >= 11 is 0. The van der Waals surface area contributed by atoms with Crippen LogP contribution in [0, 0.1) is 0 Å². The molecule has 0 spiro atoms. The van der Waals surface area contributed by atoms with Gasteiger partial charge in [-0.1, -0.05) is 41.5 Å². The topological polar surface area (TPSA) is 81.7 Å². The Labute approximate surface area is 155 Å². The molecular formula is C19H41NO5. The summed E-state index contributed by atoms with van der Waals surface area (Å²) in [5.74, 6) is -0.0280. The van der Waals surface area contributed by atoms with Crippen molar-refractivity contribution in [1.82, 2.24) is 5.32 Å². The van der Waals surface area contributed by atoms with E-state index in [2.05, 4.69) is 5.32 Å². The lowest BCUT2D eigenvalue weighted by Crippen LogP contribution is -2.27. The first kappa shape index (κ1) is 31.5. The molecule has 0 unspecified atom stereocenters. The van der Waals surface area contributed by atoms with Gasteiger partial charge in [0.2, 0.25) is 5.91 Å². The minimum absolute atomic E-state index is 0.00843. The summed E-state index contributed by atoms with van der Waals surface area (Å²) in [5, 5.41) is 2.65. The number of carbonyl (C=O) groups is 3. The molecule has 0 radical (unpaired) electrons. The molecule has 0 aliphatic rings. The summed E-state index contributed by atoms with van der Waals surface area (Å²) in [4.78, 5) is 32.5. The van der Waals surface area contributed by atoms with Crippen LogP contribution in [0.15, 0.2) is 0 Å². The molecule has 6 heteroatoms. The van der Waals surface area contributed by atoms with E-state index in [0.29, 0.717) is 39.4 Å². The van der Waals surface area contributed by atoms with E-state index >= 15 is 0 Å². The molecule has 6 nitrogen and oxygen atoms in total. The molecule has 0 aliphatic heterocycles. The van der Waals surface area contributed by atoms with Gasteiger partial charge in [-0.2, -0.15) is 0 Å². The van der Waals surface area contributed by atoms with E-state index in [1.54, 1.807) is 0 Å². The van der Waals surface area contributed by atoms with Gasteiger partial charge in [-0.3, -0.25) is 9.59 Å². The molecular weight excluding hydrogens is 322 g/mol. The average molecular weight is 364 g/mol. The molecule has 1 N–H and O–H groups in total. The van der Waals surface area contributed by atoms with Crippen molar-refractivity contribution in [1.29, 1.82) is 0 Å². The number of hydrogen-bond donors (Lipinski definition) is 1. The van der Waals surface area contributed by atoms with Crippen molar-refractivity contribution in [3.05, 3.63) is 0 Å². The first-order chi connectivity index (χ1) is 12.0. The van der Waals surface area contributed by atoms with Gasteiger partial charge in [-0.15, -0.1) is 0 Å². The number of amides is 1. The van der Waals surface area contributed by atoms with Gasteiger partial charge in [-0.05, 0) is 13.8 Å². The van der Waals surface area contributed by atoms with Crippen LogP contribution in [0.2, 0.25) is 0 Å². The van der Waals surface area contributed by atoms with E-state index in [1.165, 1.54) is 13.8 Å². The second kappa shape index (κ2) is 30.6. The zero-order valence-corrected chi connectivity index (χ0v) is 17.7. The third-order valence-electron chi connectivity index (χ3n) is 2.24. The van der Waals surface area contributed by atoms with Crippen molar-refractivity contribution in [2.75, 3.05) is 33.0 Å². The Morgan fingerprint density at radius 1 is 0.640 bits per heavy atom. The Balaban J connectivity index is -0.000000329. The number of hydrogen-bond acceptors (Lipinski definition) is 5. The SMILES string of the molecule is CC.CC.CC.CC(=O)CCOCCOCCNC(=O)CCC(C)=O. The first-order valence-electron chi connectivity index (χ1n) is 9.43. The molecule has 0 aliphatic carbocycles. The van der Waals surface area contributed by atoms with E-state index < -0.39 is 0 Å². The van der Waals surface area contributed by atoms with Crippen molar-refractivity contribution in [3.8, 4) is 0 Å². The Morgan fingerprint density at radius 2 is 1.08 bits per heavy atom. The van der Waals surface area contributed by atoms with Crippen LogP contribution in [0.25, 0.3) is 0 Å². The van der Waals surface area contributed by atoms with Crippen LogP contribution in [0.3, 0.4) is 0 Å². The zero-order valence-electron chi connectivity index (χ0n) is 17.7. The van der Waals surface area contributed by atoms with E-state index in [4.69, 9.17) is 9.47 Å². The summed E-state index contributed by atoms with van der Waals surface area (Å²) < 4.78 is 10.4. The molecule has 1 amide bonds. The Kier molecular flexibility index (Phi) is 38.5. The summed E-state index contributed by atoms with van der Waals surface area (Å²) in [6.07, 6.45) is 0.923. The smallest absolute Gasteiger partial charge is 0.220 e. The number of carbonyl (C=O) groups excluding carboxylic acids is 3. The highest BCUT2D eigenvalue weighted by atomic mass is 16.5. The van der Waals surface area contributed by atoms with Crippen LogP contribution in [-0.4, -0.2) is 50.4 Å². The van der Waals surface area contributed by atoms with Gasteiger partial charge in [0, 0.05) is 25.8 Å². The molecule has 0 aromatic carbocycles. The maximum absolute atomic E-state index is 11.2. The van der Waals surface area contributed by atoms with Crippen molar-refractivity contribution in [2.45, 2.75) is 74.7 Å². The maximum Gasteiger partial charge on any atom is 0.220 e. The quantitative estimate of drug-likeness (QED) is 0.536. The van der Waals surface area contributed by atoms with Crippen molar-refractivity contribution in [3.63, 3.8) is 0 Å². The Bertz CT molecular complexity index is 294. The number of nitrogens with one attached hydrogen (secondary N) is 1. The van der Waals surface area contributed by atoms with Gasteiger partial charge < -0.3 is 19.6 Å². The molecule has 0 bridgehead atoms. The minimum Gasteiger partial charge on any atom is -0.379 e. The highest BCUT2D eigenvalue weighted by Gasteiger charge is 2.02. The van der Waals surface area contributed by atoms with Gasteiger partial charge in [0.05, 0.1) is 26.4 Å². The summed E-state index contributed by atoms with van der Waals surface area (Å²) in [5.41, 5.74) is 0. The lowest BCUT2D eigenvalue weighted by Gasteiger charge is -2.06. The van der Waals surface area contributed by atoms with E-state index in [-0.39, 0.29) is 30.3 Å². The molecule has 0 fully saturated rings. The lowest BCUT2D eigenvalue weighted by molar-refractivity contribution is -0.124. The molecule has 0 saturated carbocycles. The molecule has 152 valence electrons. The summed E-state index contributed by atoms with van der Waals surface area (Å²) in [6.45, 7) is 17.1. The van der Waals surface area contributed by atoms with Crippen molar-refractivity contribution >= 4 is 17.5 Å². The predicted octanol–water partition coefficient (Wildman–Crippen LogP) is 3.56. The molecule has 0 aromatic rings. The highest BCUT2D eigenvalue weighted by Crippen LogP contribution is 1.89. The number of rotatable bonds is 12. The van der Waals surface area contributed by atoms with Gasteiger partial charge in [0.15, 0.2) is 0 Å². The van der Waals surface area contributed by atoms with Crippen LogP contribution in [-0.2, 0) is 23.9 Å². The van der Waals surface area contributed by atoms with Crippen LogP contribution in [0.1, 0.15) is 74.7 Å². The fraction of sp³-hybridized carbons (Fsp3) is 0.842. The Morgan fingerprint density at radius 3 is 1.52 bits per heavy atom. The third-order valence-corrected chi connectivity index (χ3v) is 2.24. The lowest BCUT2D eigenvalue weighted by atomic mass is 10.2. The van der Waals surface area contributed by atoms with Crippen LogP contribution < -0.4 is 5.32 Å². The standard InChI is InChI=1S/C13H23NO5.3C2H6/c1-11(15)3-4-13(17)14-6-8-19-10-9-18-7-5-12(2)16;3*1-2/h3-10H2,1-2H3,(H,14,17);3*1-2H3. The molecule has 0 rings (SSSR count). The monoisotopic (exact) mass is 363 g/mol. The minimum atomic E-state index is -0.142. The molecule has 0 aromatic heterocycles. The molecule has 25 heavy (non-hydrogen) atoms. The fourth-order valence-corrected chi connectivity index (χ4v) is 1.18. The molecule has 0 saturated heterocycles. The number of Topliss-reactive ketones (excluding diaryl/α,β-unsaturated/α-hetero) is 2. The van der Waals surface area contributed by atoms with Crippen molar-refractivity contribution < 1.29 is 23.9 Å². The van der Waals surface area contributed by atoms with Crippen LogP contribution >= 0.6 is 0 Å². The summed E-state index contributed by atoms with van der Waals surface area (Å²) in [6, 6.07) is 0. The number of ketones is 2. The zero-order chi connectivity index (χ0) is 20.5. The normalized spacial score (nSPS) is 8.48. The van der Waals surface area contributed by atoms with E-state index in [1.807, 2.05) is 41.5 Å². The fourth-order valence-electron chi connectivity index (χ4n) is 1.18. The predicted molar refractivity (Wildman–Crippen MR) is 104 cm³/mol. The third kappa shape index (κ3) is 39.5. The highest BCUT2D eigenvalue weighted by molar-refractivity contribution is 5.83. The van der Waals surface area contributed by atoms with Crippen LogP contribution in [0.5, 0.6) is 0 Å². The largest absolute Gasteiger partial charge is 0.379 e. The molecule has 0 atom stereocenters. The number of ether oxygens (including phenoxy) is 2. The second-order valence-electron chi connectivity index (χ2n) is 4.23. The van der Waals surface area contributed by atoms with Crippen molar-refractivity contribution in [2.24, 2.45) is 0 Å². The average Bonchev–Trinajstić information content (AvgIpc) is 2.63. The van der Waals surface area contributed by atoms with Gasteiger partial charge in [0.1, 0.15) is 11.6 Å². The first-order valence-corrected chi connectivity index (χ1v) is 9.43. The van der Waals surface area contributed by atoms with Gasteiger partial charge in [0.25, 0.3) is 0 Å². The summed E-state index contributed by atoms with van der Waals surface area (Å²) in [7, 11) is 0. The maximum atomic E-state index is 11.2. The van der Waals surface area contributed by atoms with Crippen LogP contribution in [0.4, 0.5) is 0 Å². The van der Waals surface area contributed by atoms with Gasteiger partial charge >= 0.3 is 0 Å². The van der Waals surface area contributed by atoms with E-state index in [9.17, 15) is 14.4 Å².